The monoisotopic (exact) mass is 640 g/mol. The van der Waals surface area contributed by atoms with Crippen LogP contribution < -0.4 is 14.2 Å². The molecule has 7 heteroatoms. The minimum atomic E-state index is -1.38. The molecule has 2 N–H and O–H groups in total. The molecule has 0 radical (unpaired) electrons. The zero-order valence-corrected chi connectivity index (χ0v) is 28.3. The molecule has 0 aliphatic heterocycles. The first kappa shape index (κ1) is 36.7. The van der Waals surface area contributed by atoms with Gasteiger partial charge in [-0.1, -0.05) is 59.2 Å². The molecule has 0 saturated carbocycles. The molecule has 3 aromatic carbocycles. The first-order valence-electron chi connectivity index (χ1n) is 16.2. The van der Waals surface area contributed by atoms with Crippen LogP contribution in [0.4, 0.5) is 0 Å². The lowest BCUT2D eigenvalue weighted by Crippen LogP contribution is -2.13. The van der Waals surface area contributed by atoms with Gasteiger partial charge in [-0.15, -0.1) is 0 Å². The van der Waals surface area contributed by atoms with Gasteiger partial charge in [0.1, 0.15) is 23.7 Å². The number of carboxylic acids is 2. The minimum Gasteiger partial charge on any atom is -0.490 e. The molecule has 0 amide bonds. The smallest absolute Gasteiger partial charge is 0.340 e. The van der Waals surface area contributed by atoms with Crippen molar-refractivity contribution < 1.29 is 34.0 Å². The van der Waals surface area contributed by atoms with Gasteiger partial charge in [-0.25, -0.2) is 9.59 Å². The van der Waals surface area contributed by atoms with E-state index < -0.39 is 17.5 Å². The normalized spacial score (nSPS) is 11.6. The molecule has 0 spiro atoms. The van der Waals surface area contributed by atoms with Crippen LogP contribution in [0.5, 0.6) is 23.0 Å². The molecule has 0 fully saturated rings. The summed E-state index contributed by atoms with van der Waals surface area (Å²) in [6, 6.07) is 18.6. The number of benzene rings is 3. The summed E-state index contributed by atoms with van der Waals surface area (Å²) in [6.45, 7) is 10.8. The van der Waals surface area contributed by atoms with E-state index in [0.717, 1.165) is 61.2 Å². The maximum Gasteiger partial charge on any atom is 0.340 e. The van der Waals surface area contributed by atoms with Gasteiger partial charge in [0.05, 0.1) is 12.2 Å². The molecule has 7 nitrogen and oxygen atoms in total. The Morgan fingerprint density at radius 2 is 1.40 bits per heavy atom. The van der Waals surface area contributed by atoms with Gasteiger partial charge in [0.2, 0.25) is 0 Å². The number of carboxylic acid groups (broad SMARTS) is 2. The largest absolute Gasteiger partial charge is 0.490 e. The zero-order valence-electron chi connectivity index (χ0n) is 28.3. The molecule has 3 aromatic rings. The molecule has 3 rings (SSSR count). The number of carbonyl (C=O) groups is 2. The van der Waals surface area contributed by atoms with Crippen molar-refractivity contribution in [3.63, 3.8) is 0 Å². The Hall–Kier alpha value is -4.78. The first-order valence-corrected chi connectivity index (χ1v) is 16.2. The molecule has 0 aromatic heterocycles. The van der Waals surface area contributed by atoms with E-state index in [1.54, 1.807) is 0 Å². The summed E-state index contributed by atoms with van der Waals surface area (Å²) in [5.74, 6) is -0.967. The second-order valence-electron chi connectivity index (χ2n) is 12.0. The van der Waals surface area contributed by atoms with Gasteiger partial charge < -0.3 is 24.4 Å². The standard InChI is InChI=1S/C40H48O7/c1-28(2)12-10-13-29(3)14-11-15-30(4)25-27-46-38-36(24-23-34(39(41)42)37(38)40(43)44)45-26-9-8-17-32-19-21-33(22-20-32)47-35-18-7-6-16-31(35)5/h6-7,12,14,16,18-25H,8-11,13,15,17,26-27H2,1-5H3,(H,41,42)(H,43,44). The highest BCUT2D eigenvalue weighted by atomic mass is 16.5. The molecule has 250 valence electrons. The predicted octanol–water partition coefficient (Wildman–Crippen LogP) is 10.4. The Kier molecular flexibility index (Phi) is 14.8. The van der Waals surface area contributed by atoms with Crippen molar-refractivity contribution >= 4 is 11.9 Å². The van der Waals surface area contributed by atoms with Gasteiger partial charge in [-0.05, 0) is 127 Å². The maximum atomic E-state index is 12.2. The van der Waals surface area contributed by atoms with Gasteiger partial charge in [-0.3, -0.25) is 0 Å². The van der Waals surface area contributed by atoms with Crippen LogP contribution >= 0.6 is 0 Å². The number of aromatic carboxylic acids is 2. The number of hydrogen-bond acceptors (Lipinski definition) is 5. The highest BCUT2D eigenvalue weighted by Gasteiger charge is 2.25. The van der Waals surface area contributed by atoms with Gasteiger partial charge in [0.15, 0.2) is 11.5 Å². The van der Waals surface area contributed by atoms with Gasteiger partial charge in [0.25, 0.3) is 0 Å². The number of unbranched alkanes of at least 4 members (excludes halogenated alkanes) is 1. The topological polar surface area (TPSA) is 102 Å². The van der Waals surface area contributed by atoms with E-state index in [1.165, 1.54) is 28.8 Å². The predicted molar refractivity (Wildman–Crippen MR) is 187 cm³/mol. The SMILES string of the molecule is CC(C)=CCCC(C)=CCCC(C)=CCOc1c(OCCCCc2ccc(Oc3ccccc3C)cc2)ccc(C(=O)O)c1C(=O)O. The van der Waals surface area contributed by atoms with E-state index in [0.29, 0.717) is 13.0 Å². The molecule has 0 aliphatic carbocycles. The van der Waals surface area contributed by atoms with Crippen molar-refractivity contribution in [2.45, 2.75) is 79.6 Å². The molecule has 47 heavy (non-hydrogen) atoms. The maximum absolute atomic E-state index is 12.2. The molecule has 0 saturated heterocycles. The summed E-state index contributed by atoms with van der Waals surface area (Å²) in [6.07, 6.45) is 12.6. The van der Waals surface area contributed by atoms with Crippen molar-refractivity contribution in [1.82, 2.24) is 0 Å². The van der Waals surface area contributed by atoms with Crippen LogP contribution in [-0.4, -0.2) is 35.4 Å². The fraction of sp³-hybridized carbons (Fsp3) is 0.350. The Morgan fingerprint density at radius 3 is 2.06 bits per heavy atom. The molecule has 0 bridgehead atoms. The van der Waals surface area contributed by atoms with Crippen LogP contribution in [0.15, 0.2) is 95.6 Å². The van der Waals surface area contributed by atoms with Gasteiger partial charge in [-0.2, -0.15) is 0 Å². The van der Waals surface area contributed by atoms with E-state index in [9.17, 15) is 19.8 Å². The lowest BCUT2D eigenvalue weighted by atomic mass is 10.1. The molecule has 0 atom stereocenters. The highest BCUT2D eigenvalue weighted by molar-refractivity contribution is 6.04. The van der Waals surface area contributed by atoms with E-state index >= 15 is 0 Å². The molecule has 0 unspecified atom stereocenters. The van der Waals surface area contributed by atoms with Gasteiger partial charge in [0, 0.05) is 0 Å². The van der Waals surface area contributed by atoms with E-state index in [1.807, 2.05) is 68.5 Å². The Labute approximate surface area is 279 Å². The molecule has 0 aliphatic rings. The summed E-state index contributed by atoms with van der Waals surface area (Å²) in [5, 5.41) is 19.5. The second-order valence-corrected chi connectivity index (χ2v) is 12.0. The summed E-state index contributed by atoms with van der Waals surface area (Å²) < 4.78 is 17.8. The van der Waals surface area contributed by atoms with Crippen molar-refractivity contribution in [2.75, 3.05) is 13.2 Å². The fourth-order valence-corrected chi connectivity index (χ4v) is 4.95. The number of para-hydroxylation sites is 1. The average Bonchev–Trinajstić information content (AvgIpc) is 3.02. The second kappa shape index (κ2) is 19.0. The van der Waals surface area contributed by atoms with Crippen molar-refractivity contribution in [3.05, 3.63) is 118 Å². The number of allylic oxidation sites excluding steroid dienone is 5. The molecule has 0 heterocycles. The van der Waals surface area contributed by atoms with Crippen molar-refractivity contribution in [1.29, 1.82) is 0 Å². The van der Waals surface area contributed by atoms with E-state index in [2.05, 4.69) is 32.9 Å². The molecular formula is C40H48O7. The number of aryl methyl sites for hydroxylation is 2. The number of rotatable bonds is 19. The summed E-state index contributed by atoms with van der Waals surface area (Å²) >= 11 is 0. The Bertz CT molecular complexity index is 1570. The first-order chi connectivity index (χ1) is 22.5. The fourth-order valence-electron chi connectivity index (χ4n) is 4.95. The third-order valence-corrected chi connectivity index (χ3v) is 7.71. The van der Waals surface area contributed by atoms with Gasteiger partial charge >= 0.3 is 11.9 Å². The van der Waals surface area contributed by atoms with E-state index in [-0.39, 0.29) is 23.7 Å². The van der Waals surface area contributed by atoms with Crippen LogP contribution in [0.1, 0.15) is 98.1 Å². The third-order valence-electron chi connectivity index (χ3n) is 7.71. The van der Waals surface area contributed by atoms with Crippen molar-refractivity contribution in [2.24, 2.45) is 0 Å². The molecular weight excluding hydrogens is 592 g/mol. The average molecular weight is 641 g/mol. The Balaban J connectivity index is 1.56. The van der Waals surface area contributed by atoms with Crippen LogP contribution in [0.2, 0.25) is 0 Å². The summed E-state index contributed by atoms with van der Waals surface area (Å²) in [7, 11) is 0. The van der Waals surface area contributed by atoms with Crippen LogP contribution in [-0.2, 0) is 6.42 Å². The van der Waals surface area contributed by atoms with Crippen LogP contribution in [0, 0.1) is 6.92 Å². The number of hydrogen-bond donors (Lipinski definition) is 2. The quantitative estimate of drug-likeness (QED) is 0.0993. The van der Waals surface area contributed by atoms with Crippen LogP contribution in [0.25, 0.3) is 0 Å². The van der Waals surface area contributed by atoms with E-state index in [4.69, 9.17) is 14.2 Å². The third kappa shape index (κ3) is 12.5. The van der Waals surface area contributed by atoms with Crippen molar-refractivity contribution in [3.8, 4) is 23.0 Å². The minimum absolute atomic E-state index is 0.0688. The summed E-state index contributed by atoms with van der Waals surface area (Å²) in [5.41, 5.74) is 5.26. The summed E-state index contributed by atoms with van der Waals surface area (Å²) in [4.78, 5) is 24.0. The lowest BCUT2D eigenvalue weighted by molar-refractivity contribution is 0.0647. The number of ether oxygens (including phenoxy) is 3. The Morgan fingerprint density at radius 1 is 0.723 bits per heavy atom. The lowest BCUT2D eigenvalue weighted by Gasteiger charge is -2.16. The van der Waals surface area contributed by atoms with Crippen LogP contribution in [0.3, 0.4) is 0 Å². The zero-order chi connectivity index (χ0) is 34.2. The highest BCUT2D eigenvalue weighted by Crippen LogP contribution is 2.35.